The summed E-state index contributed by atoms with van der Waals surface area (Å²) in [5.41, 5.74) is 4.06. The summed E-state index contributed by atoms with van der Waals surface area (Å²) in [6, 6.07) is 3.87. The number of aryl methyl sites for hydroxylation is 2. The maximum absolute atomic E-state index is 12.6. The second-order valence-corrected chi connectivity index (χ2v) is 8.24. The highest BCUT2D eigenvalue weighted by atomic mass is 32.1. The molecule has 0 aliphatic heterocycles. The highest BCUT2D eigenvalue weighted by molar-refractivity contribution is 7.09. The van der Waals surface area contributed by atoms with Gasteiger partial charge in [-0.2, -0.15) is 0 Å². The van der Waals surface area contributed by atoms with E-state index in [9.17, 15) is 9.59 Å². The normalized spacial score (nSPS) is 11.0. The molecule has 0 unspecified atom stereocenters. The van der Waals surface area contributed by atoms with Crippen molar-refractivity contribution in [2.45, 2.75) is 46.6 Å². The quantitative estimate of drug-likeness (QED) is 0.418. The number of aromatic nitrogens is 3. The van der Waals surface area contributed by atoms with Gasteiger partial charge in [0.2, 0.25) is 0 Å². The summed E-state index contributed by atoms with van der Waals surface area (Å²) >= 11 is 1.61. The highest BCUT2D eigenvalue weighted by Gasteiger charge is 2.23. The predicted octanol–water partition coefficient (Wildman–Crippen LogP) is 4.08. The summed E-state index contributed by atoms with van der Waals surface area (Å²) in [6.07, 6.45) is 4.85. The first kappa shape index (κ1) is 21.7. The fourth-order valence-electron chi connectivity index (χ4n) is 3.17. The third kappa shape index (κ3) is 5.13. The van der Waals surface area contributed by atoms with Crippen LogP contribution in [0.25, 0.3) is 11.3 Å². The van der Waals surface area contributed by atoms with Gasteiger partial charge in [0.15, 0.2) is 0 Å². The van der Waals surface area contributed by atoms with E-state index in [0.29, 0.717) is 29.1 Å². The Bertz CT molecular complexity index is 1020. The highest BCUT2D eigenvalue weighted by Crippen LogP contribution is 2.22. The molecular formula is C22H26N4O3S. The Kier molecular flexibility index (Phi) is 6.99. The molecule has 0 saturated heterocycles. The van der Waals surface area contributed by atoms with Gasteiger partial charge in [0.05, 0.1) is 22.4 Å². The van der Waals surface area contributed by atoms with E-state index in [1.54, 1.807) is 51.4 Å². The molecule has 0 aromatic carbocycles. The van der Waals surface area contributed by atoms with Crippen molar-refractivity contribution in [1.82, 2.24) is 20.3 Å². The Morgan fingerprint density at radius 3 is 2.67 bits per heavy atom. The molecule has 7 nitrogen and oxygen atoms in total. The zero-order valence-electron chi connectivity index (χ0n) is 17.6. The van der Waals surface area contributed by atoms with E-state index >= 15 is 0 Å². The lowest BCUT2D eigenvalue weighted by Gasteiger charge is -2.08. The molecule has 30 heavy (non-hydrogen) atoms. The number of esters is 1. The third-order valence-corrected chi connectivity index (χ3v) is 5.50. The number of nitrogens with one attached hydrogen (secondary N) is 2. The predicted molar refractivity (Wildman–Crippen MR) is 117 cm³/mol. The van der Waals surface area contributed by atoms with Crippen LogP contribution < -0.4 is 5.32 Å². The van der Waals surface area contributed by atoms with Crippen molar-refractivity contribution in [3.63, 3.8) is 0 Å². The van der Waals surface area contributed by atoms with Crippen LogP contribution >= 0.6 is 11.3 Å². The first-order chi connectivity index (χ1) is 14.4. The van der Waals surface area contributed by atoms with Crippen molar-refractivity contribution >= 4 is 23.2 Å². The van der Waals surface area contributed by atoms with E-state index in [1.807, 2.05) is 17.5 Å². The van der Waals surface area contributed by atoms with E-state index in [1.165, 1.54) is 0 Å². The van der Waals surface area contributed by atoms with Crippen LogP contribution in [0.15, 0.2) is 29.9 Å². The van der Waals surface area contributed by atoms with E-state index in [4.69, 9.17) is 4.74 Å². The van der Waals surface area contributed by atoms with Crippen LogP contribution in [-0.2, 0) is 11.2 Å². The number of rotatable bonds is 8. The number of aromatic amines is 1. The topological polar surface area (TPSA) is 97.0 Å². The molecule has 0 radical (unpaired) electrons. The van der Waals surface area contributed by atoms with Gasteiger partial charge in [-0.15, -0.1) is 11.3 Å². The molecule has 158 valence electrons. The second-order valence-electron chi connectivity index (χ2n) is 7.30. The van der Waals surface area contributed by atoms with Crippen LogP contribution in [0.3, 0.4) is 0 Å². The molecule has 1 amide bonds. The number of carbonyl (C=O) groups is 2. The molecule has 3 rings (SSSR count). The van der Waals surface area contributed by atoms with Gasteiger partial charge in [-0.1, -0.05) is 0 Å². The van der Waals surface area contributed by atoms with Gasteiger partial charge in [-0.3, -0.25) is 9.78 Å². The molecule has 0 aliphatic carbocycles. The fraction of sp³-hybridized carbons (Fsp3) is 0.364. The molecule has 0 saturated carbocycles. The molecule has 0 aliphatic rings. The Labute approximate surface area is 179 Å². The van der Waals surface area contributed by atoms with Crippen molar-refractivity contribution in [3.8, 4) is 11.3 Å². The molecule has 8 heteroatoms. The zero-order valence-corrected chi connectivity index (χ0v) is 18.4. The van der Waals surface area contributed by atoms with Gasteiger partial charge in [-0.05, 0) is 51.8 Å². The van der Waals surface area contributed by atoms with Crippen LogP contribution in [0.2, 0.25) is 0 Å². The van der Waals surface area contributed by atoms with E-state index in [0.717, 1.165) is 29.1 Å². The number of hydrogen-bond acceptors (Lipinski definition) is 6. The second kappa shape index (κ2) is 9.67. The summed E-state index contributed by atoms with van der Waals surface area (Å²) < 4.78 is 5.27. The van der Waals surface area contributed by atoms with Crippen LogP contribution in [0.1, 0.15) is 57.4 Å². The number of hydrogen-bond donors (Lipinski definition) is 2. The Morgan fingerprint density at radius 1 is 1.23 bits per heavy atom. The van der Waals surface area contributed by atoms with Crippen LogP contribution in [0.5, 0.6) is 0 Å². The largest absolute Gasteiger partial charge is 0.459 e. The van der Waals surface area contributed by atoms with Gasteiger partial charge in [0, 0.05) is 42.0 Å². The number of nitrogens with zero attached hydrogens (tertiary/aromatic N) is 2. The Morgan fingerprint density at radius 2 is 1.97 bits per heavy atom. The summed E-state index contributed by atoms with van der Waals surface area (Å²) in [5, 5.41) is 5.98. The molecule has 0 fully saturated rings. The number of H-pyrrole nitrogens is 1. The smallest absolute Gasteiger partial charge is 0.340 e. The number of pyridine rings is 1. The lowest BCUT2D eigenvalue weighted by molar-refractivity contribution is 0.0376. The maximum atomic E-state index is 12.6. The van der Waals surface area contributed by atoms with Gasteiger partial charge in [0.25, 0.3) is 5.91 Å². The standard InChI is InChI=1S/C22H26N4O3S/c1-13(2)29-22(28)19-14(3)20(25-15(19)4)21(27)24-9-5-6-18-26-17(12-30-18)16-7-10-23-11-8-16/h7-8,10-13,25H,5-6,9H2,1-4H3,(H,24,27). The third-order valence-electron chi connectivity index (χ3n) is 4.59. The average Bonchev–Trinajstić information content (AvgIpc) is 3.29. The summed E-state index contributed by atoms with van der Waals surface area (Å²) in [5.74, 6) is -0.639. The van der Waals surface area contributed by atoms with Crippen LogP contribution in [0, 0.1) is 13.8 Å². The number of amides is 1. The van der Waals surface area contributed by atoms with Crippen LogP contribution in [0.4, 0.5) is 0 Å². The monoisotopic (exact) mass is 426 g/mol. The van der Waals surface area contributed by atoms with Gasteiger partial charge < -0.3 is 15.0 Å². The van der Waals surface area contributed by atoms with E-state index < -0.39 is 5.97 Å². The molecular weight excluding hydrogens is 400 g/mol. The number of ether oxygens (including phenoxy) is 1. The number of carbonyl (C=O) groups excluding carboxylic acids is 2. The molecule has 2 N–H and O–H groups in total. The molecule has 3 aromatic rings. The van der Waals surface area contributed by atoms with Crippen molar-refractivity contribution in [3.05, 3.63) is 57.4 Å². The van der Waals surface area contributed by atoms with Crippen molar-refractivity contribution in [2.24, 2.45) is 0 Å². The summed E-state index contributed by atoms with van der Waals surface area (Å²) in [4.78, 5) is 36.5. The summed E-state index contributed by atoms with van der Waals surface area (Å²) in [7, 11) is 0. The fourth-order valence-corrected chi connectivity index (χ4v) is 4.02. The molecule has 3 heterocycles. The summed E-state index contributed by atoms with van der Waals surface area (Å²) in [6.45, 7) is 7.64. The van der Waals surface area contributed by atoms with Gasteiger partial charge in [-0.25, -0.2) is 9.78 Å². The number of thiazole rings is 1. The molecule has 0 atom stereocenters. The van der Waals surface area contributed by atoms with Crippen molar-refractivity contribution in [1.29, 1.82) is 0 Å². The van der Waals surface area contributed by atoms with E-state index in [-0.39, 0.29) is 12.0 Å². The van der Waals surface area contributed by atoms with E-state index in [2.05, 4.69) is 20.3 Å². The average molecular weight is 427 g/mol. The maximum Gasteiger partial charge on any atom is 0.340 e. The van der Waals surface area contributed by atoms with Crippen molar-refractivity contribution in [2.75, 3.05) is 6.54 Å². The minimum Gasteiger partial charge on any atom is -0.459 e. The zero-order chi connectivity index (χ0) is 21.7. The lowest BCUT2D eigenvalue weighted by atomic mass is 10.1. The minimum absolute atomic E-state index is 0.214. The first-order valence-electron chi connectivity index (χ1n) is 9.90. The van der Waals surface area contributed by atoms with Crippen molar-refractivity contribution < 1.29 is 14.3 Å². The lowest BCUT2D eigenvalue weighted by Crippen LogP contribution is -2.26. The molecule has 0 bridgehead atoms. The van der Waals surface area contributed by atoms with Gasteiger partial charge in [0.1, 0.15) is 5.69 Å². The SMILES string of the molecule is Cc1[nH]c(C(=O)NCCCc2nc(-c3ccncc3)cs2)c(C)c1C(=O)OC(C)C. The molecule has 3 aromatic heterocycles. The molecule has 0 spiro atoms. The minimum atomic E-state index is -0.413. The van der Waals surface area contributed by atoms with Gasteiger partial charge >= 0.3 is 5.97 Å². The van der Waals surface area contributed by atoms with Crippen LogP contribution in [-0.4, -0.2) is 39.5 Å². The Balaban J connectivity index is 1.53. The first-order valence-corrected chi connectivity index (χ1v) is 10.8. The Hall–Kier alpha value is -3.00.